The van der Waals surface area contributed by atoms with Gasteiger partial charge in [0.25, 0.3) is 0 Å². The summed E-state index contributed by atoms with van der Waals surface area (Å²) in [5.74, 6) is 0.567. The minimum Gasteiger partial charge on any atom is -0.388 e. The van der Waals surface area contributed by atoms with Crippen molar-refractivity contribution in [1.29, 1.82) is 0 Å². The van der Waals surface area contributed by atoms with Crippen molar-refractivity contribution in [3.63, 3.8) is 0 Å². The third kappa shape index (κ3) is 1.60. The van der Waals surface area contributed by atoms with Crippen LogP contribution < -0.4 is 0 Å². The van der Waals surface area contributed by atoms with E-state index in [4.69, 9.17) is 9.63 Å². The quantitative estimate of drug-likeness (QED) is 0.667. The average Bonchev–Trinajstić information content (AvgIpc) is 2.31. The lowest BCUT2D eigenvalue weighted by Crippen LogP contribution is -2.12. The molecule has 0 aliphatic rings. The second-order valence-electron chi connectivity index (χ2n) is 3.57. The standard InChI is InChI=1S/C8H13NO2/c1-8(2,3)6-4-9-11-7(6)5-10/h4,10H,5H2,1-3H3. The Morgan fingerprint density at radius 1 is 1.55 bits per heavy atom. The van der Waals surface area contributed by atoms with Gasteiger partial charge in [0.2, 0.25) is 0 Å². The SMILES string of the molecule is CC(C)(C)c1cnoc1CO. The highest BCUT2D eigenvalue weighted by Crippen LogP contribution is 2.25. The Kier molecular flexibility index (Phi) is 2.00. The first-order valence-corrected chi connectivity index (χ1v) is 3.60. The first kappa shape index (κ1) is 8.27. The molecule has 3 nitrogen and oxygen atoms in total. The highest BCUT2D eigenvalue weighted by Gasteiger charge is 2.20. The summed E-state index contributed by atoms with van der Waals surface area (Å²) < 4.78 is 4.84. The molecule has 1 N–H and O–H groups in total. The molecule has 1 heterocycles. The van der Waals surface area contributed by atoms with Crippen molar-refractivity contribution >= 4 is 0 Å². The number of rotatable bonds is 1. The van der Waals surface area contributed by atoms with Gasteiger partial charge in [-0.25, -0.2) is 0 Å². The van der Waals surface area contributed by atoms with E-state index in [-0.39, 0.29) is 12.0 Å². The van der Waals surface area contributed by atoms with Crippen LogP contribution in [-0.2, 0) is 12.0 Å². The molecule has 0 saturated carbocycles. The molecule has 0 fully saturated rings. The highest BCUT2D eigenvalue weighted by atomic mass is 16.5. The maximum absolute atomic E-state index is 8.84. The van der Waals surface area contributed by atoms with Crippen molar-refractivity contribution in [2.45, 2.75) is 32.8 Å². The van der Waals surface area contributed by atoms with Crippen LogP contribution in [0.3, 0.4) is 0 Å². The molecule has 0 bridgehead atoms. The molecule has 62 valence electrons. The van der Waals surface area contributed by atoms with Crippen LogP contribution >= 0.6 is 0 Å². The van der Waals surface area contributed by atoms with Crippen LogP contribution in [0.25, 0.3) is 0 Å². The summed E-state index contributed by atoms with van der Waals surface area (Å²) in [5.41, 5.74) is 0.970. The summed E-state index contributed by atoms with van der Waals surface area (Å²) in [6.07, 6.45) is 1.66. The average molecular weight is 155 g/mol. The highest BCUT2D eigenvalue weighted by molar-refractivity contribution is 5.21. The molecule has 1 aromatic rings. The van der Waals surface area contributed by atoms with Crippen LogP contribution in [0.5, 0.6) is 0 Å². The number of aromatic nitrogens is 1. The predicted octanol–water partition coefficient (Wildman–Crippen LogP) is 1.46. The first-order chi connectivity index (χ1) is 5.05. The van der Waals surface area contributed by atoms with Crippen LogP contribution in [0, 0.1) is 0 Å². The van der Waals surface area contributed by atoms with Gasteiger partial charge in [-0.05, 0) is 5.41 Å². The molecule has 0 saturated heterocycles. The fourth-order valence-electron chi connectivity index (χ4n) is 0.990. The second-order valence-corrected chi connectivity index (χ2v) is 3.57. The minimum absolute atomic E-state index is 0.00192. The van der Waals surface area contributed by atoms with Gasteiger partial charge < -0.3 is 9.63 Å². The maximum atomic E-state index is 8.84. The van der Waals surface area contributed by atoms with E-state index >= 15 is 0 Å². The van der Waals surface area contributed by atoms with Gasteiger partial charge in [0.1, 0.15) is 6.61 Å². The van der Waals surface area contributed by atoms with Crippen molar-refractivity contribution in [3.05, 3.63) is 17.5 Å². The van der Waals surface area contributed by atoms with Gasteiger partial charge in [-0.2, -0.15) is 0 Å². The van der Waals surface area contributed by atoms with Crippen molar-refractivity contribution in [3.8, 4) is 0 Å². The molecule has 0 amide bonds. The fourth-order valence-corrected chi connectivity index (χ4v) is 0.990. The Morgan fingerprint density at radius 2 is 2.18 bits per heavy atom. The summed E-state index contributed by atoms with van der Waals surface area (Å²) in [5, 5.41) is 12.5. The van der Waals surface area contributed by atoms with Gasteiger partial charge in [-0.15, -0.1) is 0 Å². The van der Waals surface area contributed by atoms with Gasteiger partial charge in [0, 0.05) is 5.56 Å². The predicted molar refractivity (Wildman–Crippen MR) is 41.1 cm³/mol. The zero-order valence-electron chi connectivity index (χ0n) is 7.09. The molecular formula is C8H13NO2. The molecule has 0 atom stereocenters. The molecule has 0 aliphatic carbocycles. The summed E-state index contributed by atoms with van der Waals surface area (Å²) in [4.78, 5) is 0. The van der Waals surface area contributed by atoms with Crippen LogP contribution in [0.4, 0.5) is 0 Å². The van der Waals surface area contributed by atoms with E-state index in [9.17, 15) is 0 Å². The smallest absolute Gasteiger partial charge is 0.165 e. The Morgan fingerprint density at radius 3 is 2.55 bits per heavy atom. The van der Waals surface area contributed by atoms with Gasteiger partial charge in [0.15, 0.2) is 5.76 Å². The van der Waals surface area contributed by atoms with E-state index in [0.29, 0.717) is 5.76 Å². The van der Waals surface area contributed by atoms with Gasteiger partial charge in [-0.1, -0.05) is 25.9 Å². The van der Waals surface area contributed by atoms with Crippen LogP contribution in [0.2, 0.25) is 0 Å². The van der Waals surface area contributed by atoms with Crippen molar-refractivity contribution in [2.24, 2.45) is 0 Å². The summed E-state index contributed by atoms with van der Waals surface area (Å²) in [6, 6.07) is 0. The van der Waals surface area contributed by atoms with E-state index in [1.165, 1.54) is 0 Å². The number of aliphatic hydroxyl groups is 1. The van der Waals surface area contributed by atoms with Crippen LogP contribution in [0.1, 0.15) is 32.1 Å². The third-order valence-electron chi connectivity index (χ3n) is 1.60. The van der Waals surface area contributed by atoms with Crippen molar-refractivity contribution < 1.29 is 9.63 Å². The Bertz CT molecular complexity index is 234. The topological polar surface area (TPSA) is 46.3 Å². The Hall–Kier alpha value is -0.830. The molecule has 0 aromatic carbocycles. The zero-order chi connectivity index (χ0) is 8.48. The summed E-state index contributed by atoms with van der Waals surface area (Å²) in [7, 11) is 0. The number of aliphatic hydroxyl groups excluding tert-OH is 1. The van der Waals surface area contributed by atoms with E-state index in [1.54, 1.807) is 6.20 Å². The molecular weight excluding hydrogens is 142 g/mol. The molecule has 1 aromatic heterocycles. The lowest BCUT2D eigenvalue weighted by atomic mass is 9.88. The molecule has 11 heavy (non-hydrogen) atoms. The molecule has 1 rings (SSSR count). The molecule has 0 aliphatic heterocycles. The zero-order valence-corrected chi connectivity index (χ0v) is 7.09. The molecule has 0 spiro atoms. The Balaban J connectivity index is 3.02. The van der Waals surface area contributed by atoms with E-state index in [1.807, 2.05) is 0 Å². The van der Waals surface area contributed by atoms with E-state index in [0.717, 1.165) is 5.56 Å². The molecule has 3 heteroatoms. The first-order valence-electron chi connectivity index (χ1n) is 3.60. The Labute approximate surface area is 66.0 Å². The lowest BCUT2D eigenvalue weighted by Gasteiger charge is -2.16. The molecule has 0 unspecified atom stereocenters. The minimum atomic E-state index is -0.0768. The normalized spacial score (nSPS) is 12.0. The van der Waals surface area contributed by atoms with E-state index < -0.39 is 0 Å². The van der Waals surface area contributed by atoms with Gasteiger partial charge in [0.05, 0.1) is 6.20 Å². The monoisotopic (exact) mass is 155 g/mol. The van der Waals surface area contributed by atoms with Crippen LogP contribution in [0.15, 0.2) is 10.7 Å². The van der Waals surface area contributed by atoms with E-state index in [2.05, 4.69) is 25.9 Å². The van der Waals surface area contributed by atoms with Crippen LogP contribution in [-0.4, -0.2) is 10.3 Å². The fraction of sp³-hybridized carbons (Fsp3) is 0.625. The number of nitrogens with zero attached hydrogens (tertiary/aromatic N) is 1. The maximum Gasteiger partial charge on any atom is 0.165 e. The lowest BCUT2D eigenvalue weighted by molar-refractivity contribution is 0.225. The van der Waals surface area contributed by atoms with Gasteiger partial charge in [-0.3, -0.25) is 0 Å². The molecule has 0 radical (unpaired) electrons. The summed E-state index contributed by atoms with van der Waals surface area (Å²) in [6.45, 7) is 6.09. The van der Waals surface area contributed by atoms with Gasteiger partial charge >= 0.3 is 0 Å². The second kappa shape index (κ2) is 2.66. The third-order valence-corrected chi connectivity index (χ3v) is 1.60. The van der Waals surface area contributed by atoms with Crippen molar-refractivity contribution in [2.75, 3.05) is 0 Å². The van der Waals surface area contributed by atoms with Crippen molar-refractivity contribution in [1.82, 2.24) is 5.16 Å². The number of hydrogen-bond acceptors (Lipinski definition) is 3. The summed E-state index contributed by atoms with van der Waals surface area (Å²) >= 11 is 0. The largest absolute Gasteiger partial charge is 0.388 e. The number of hydrogen-bond donors (Lipinski definition) is 1.